The number of aryl methyl sites for hydroxylation is 2. The van der Waals surface area contributed by atoms with Crippen LogP contribution in [0.3, 0.4) is 0 Å². The van der Waals surface area contributed by atoms with E-state index in [1.807, 2.05) is 86.8 Å². The minimum atomic E-state index is -0.502. The van der Waals surface area contributed by atoms with E-state index in [-0.39, 0.29) is 18.2 Å². The average Bonchev–Trinajstić information content (AvgIpc) is 3.55. The number of ether oxygens (including phenoxy) is 1. The second kappa shape index (κ2) is 17.5. The molecule has 4 aromatic carbocycles. The number of carbonyl (C=O) groups is 4. The monoisotopic (exact) mass is 717 g/mol. The number of thioether (sulfide) groups is 1. The molecule has 1 unspecified atom stereocenters. The molecule has 8 nitrogen and oxygen atoms in total. The highest BCUT2D eigenvalue weighted by molar-refractivity contribution is 8.00. The van der Waals surface area contributed by atoms with E-state index in [1.54, 1.807) is 55.5 Å². The van der Waals surface area contributed by atoms with E-state index in [4.69, 9.17) is 4.74 Å². The van der Waals surface area contributed by atoms with Gasteiger partial charge in [0, 0.05) is 27.1 Å². The van der Waals surface area contributed by atoms with Crippen molar-refractivity contribution in [3.05, 3.63) is 142 Å². The molecule has 1 aromatic heterocycles. The van der Waals surface area contributed by atoms with Gasteiger partial charge in [-0.15, -0.1) is 23.1 Å². The lowest BCUT2D eigenvalue weighted by molar-refractivity contribution is -0.116. The summed E-state index contributed by atoms with van der Waals surface area (Å²) < 4.78 is 5.37. The van der Waals surface area contributed by atoms with Crippen LogP contribution >= 0.6 is 23.1 Å². The lowest BCUT2D eigenvalue weighted by Crippen LogP contribution is -2.30. The van der Waals surface area contributed by atoms with E-state index in [9.17, 15) is 19.2 Å². The van der Waals surface area contributed by atoms with Crippen LogP contribution in [0.15, 0.2) is 119 Å². The Morgan fingerprint density at radius 3 is 2.27 bits per heavy atom. The quantitative estimate of drug-likeness (QED) is 0.0636. The van der Waals surface area contributed by atoms with Gasteiger partial charge in [-0.25, -0.2) is 4.79 Å². The summed E-state index contributed by atoms with van der Waals surface area (Å²) in [6, 6.07) is 31.3. The number of benzene rings is 4. The van der Waals surface area contributed by atoms with Crippen molar-refractivity contribution in [3.8, 4) is 11.1 Å². The van der Waals surface area contributed by atoms with E-state index in [1.165, 1.54) is 23.1 Å². The summed E-state index contributed by atoms with van der Waals surface area (Å²) in [6.45, 7) is 7.80. The average molecular weight is 718 g/mol. The van der Waals surface area contributed by atoms with E-state index in [0.717, 1.165) is 27.1 Å². The molecule has 51 heavy (non-hydrogen) atoms. The van der Waals surface area contributed by atoms with Crippen LogP contribution < -0.4 is 16.0 Å². The molecule has 10 heteroatoms. The first-order chi connectivity index (χ1) is 24.7. The predicted octanol–water partition coefficient (Wildman–Crippen LogP) is 9.13. The first-order valence-electron chi connectivity index (χ1n) is 16.5. The molecule has 0 bridgehead atoms. The topological polar surface area (TPSA) is 114 Å². The summed E-state index contributed by atoms with van der Waals surface area (Å²) in [4.78, 5) is 54.2. The van der Waals surface area contributed by atoms with E-state index >= 15 is 0 Å². The Kier molecular flexibility index (Phi) is 12.6. The minimum Gasteiger partial charge on any atom is -0.462 e. The first-order valence-corrected chi connectivity index (χ1v) is 18.3. The van der Waals surface area contributed by atoms with Gasteiger partial charge in [0.1, 0.15) is 16.3 Å². The lowest BCUT2D eigenvalue weighted by Gasteiger charge is -2.16. The molecule has 1 atom stereocenters. The van der Waals surface area contributed by atoms with Crippen molar-refractivity contribution in [1.82, 2.24) is 5.32 Å². The molecule has 5 aromatic rings. The second-order valence-electron chi connectivity index (χ2n) is 11.7. The predicted molar refractivity (Wildman–Crippen MR) is 207 cm³/mol. The zero-order valence-corrected chi connectivity index (χ0v) is 30.5. The molecule has 0 aliphatic carbocycles. The summed E-state index contributed by atoms with van der Waals surface area (Å²) in [5, 5.41) is 10.5. The Labute approximate surface area is 306 Å². The third-order valence-corrected chi connectivity index (χ3v) is 10.2. The van der Waals surface area contributed by atoms with Gasteiger partial charge in [0.15, 0.2) is 0 Å². The number of hydrogen-bond acceptors (Lipinski definition) is 7. The SMILES string of the molecule is CCOC(=O)c1c(-c2ccc(C)cc2)csc1NC(=O)C(CC)Sc1cccc(NC(=O)/C(=C/c2ccccc2C)NC(=O)c2ccccc2)c1. The molecular formula is C41H39N3O5S2. The lowest BCUT2D eigenvalue weighted by atomic mass is 10.0. The molecule has 3 N–H and O–H groups in total. The summed E-state index contributed by atoms with van der Waals surface area (Å²) in [7, 11) is 0. The molecule has 0 radical (unpaired) electrons. The van der Waals surface area contributed by atoms with E-state index in [0.29, 0.717) is 33.8 Å². The van der Waals surface area contributed by atoms with Crippen LogP contribution in [0.5, 0.6) is 0 Å². The van der Waals surface area contributed by atoms with Crippen molar-refractivity contribution in [2.24, 2.45) is 0 Å². The van der Waals surface area contributed by atoms with Crippen LogP contribution in [0, 0.1) is 13.8 Å². The van der Waals surface area contributed by atoms with Crippen molar-refractivity contribution < 1.29 is 23.9 Å². The van der Waals surface area contributed by atoms with Crippen LogP contribution in [0.2, 0.25) is 0 Å². The number of nitrogens with one attached hydrogen (secondary N) is 3. The molecule has 1 heterocycles. The van der Waals surface area contributed by atoms with Gasteiger partial charge in [0.2, 0.25) is 5.91 Å². The molecular weight excluding hydrogens is 679 g/mol. The summed E-state index contributed by atoms with van der Waals surface area (Å²) in [5.41, 5.74) is 5.73. The van der Waals surface area contributed by atoms with Gasteiger partial charge in [0.25, 0.3) is 11.8 Å². The highest BCUT2D eigenvalue weighted by Gasteiger charge is 2.26. The fourth-order valence-corrected chi connectivity index (χ4v) is 7.15. The number of anilines is 2. The number of hydrogen-bond donors (Lipinski definition) is 3. The maximum absolute atomic E-state index is 13.6. The molecule has 0 saturated heterocycles. The van der Waals surface area contributed by atoms with Crippen LogP contribution in [0.4, 0.5) is 10.7 Å². The van der Waals surface area contributed by atoms with Gasteiger partial charge in [-0.1, -0.05) is 85.3 Å². The fraction of sp³-hybridized carbons (Fsp3) is 0.171. The standard InChI is InChI=1S/C41H39N3O5S2/c1-5-35(39(47)44-40-36(41(48)49-6-2)33(25-50-40)28-21-19-26(3)20-22-28)51-32-18-12-17-31(24-32)42-38(46)34(23-30-16-11-10-13-27(30)4)43-37(45)29-14-8-7-9-15-29/h7-25,35H,5-6H2,1-4H3,(H,42,46)(H,43,45)(H,44,47)/b34-23-. The van der Waals surface area contributed by atoms with Crippen molar-refractivity contribution >= 4 is 63.6 Å². The van der Waals surface area contributed by atoms with Crippen LogP contribution in [-0.4, -0.2) is 35.5 Å². The Bertz CT molecular complexity index is 2060. The molecule has 0 saturated carbocycles. The van der Waals surface area contributed by atoms with Crippen LogP contribution in [-0.2, 0) is 14.3 Å². The Hall–Kier alpha value is -5.45. The van der Waals surface area contributed by atoms with Gasteiger partial charge in [-0.05, 0) is 80.3 Å². The molecule has 5 rings (SSSR count). The molecule has 0 aliphatic rings. The van der Waals surface area contributed by atoms with Gasteiger partial charge in [0.05, 0.1) is 11.9 Å². The van der Waals surface area contributed by atoms with E-state index < -0.39 is 23.0 Å². The second-order valence-corrected chi connectivity index (χ2v) is 13.8. The molecule has 0 spiro atoms. The van der Waals surface area contributed by atoms with Crippen molar-refractivity contribution in [1.29, 1.82) is 0 Å². The molecule has 3 amide bonds. The van der Waals surface area contributed by atoms with Gasteiger partial charge >= 0.3 is 5.97 Å². The third-order valence-electron chi connectivity index (χ3n) is 7.92. The molecule has 260 valence electrons. The van der Waals surface area contributed by atoms with Crippen molar-refractivity contribution in [2.45, 2.75) is 44.3 Å². The zero-order chi connectivity index (χ0) is 36.3. The smallest absolute Gasteiger partial charge is 0.341 e. The van der Waals surface area contributed by atoms with Crippen molar-refractivity contribution in [2.75, 3.05) is 17.2 Å². The molecule has 0 aliphatic heterocycles. The van der Waals surface area contributed by atoms with Gasteiger partial charge in [-0.3, -0.25) is 14.4 Å². The number of carbonyl (C=O) groups excluding carboxylic acids is 4. The Balaban J connectivity index is 1.33. The maximum atomic E-state index is 13.6. The Morgan fingerprint density at radius 2 is 1.57 bits per heavy atom. The summed E-state index contributed by atoms with van der Waals surface area (Å²) >= 11 is 2.63. The zero-order valence-electron chi connectivity index (χ0n) is 28.8. The van der Waals surface area contributed by atoms with Gasteiger partial charge in [-0.2, -0.15) is 0 Å². The first kappa shape index (κ1) is 36.8. The minimum absolute atomic E-state index is 0.0837. The Morgan fingerprint density at radius 1 is 0.843 bits per heavy atom. The number of rotatable bonds is 13. The largest absolute Gasteiger partial charge is 0.462 e. The summed E-state index contributed by atoms with van der Waals surface area (Å²) in [6.07, 6.45) is 2.16. The van der Waals surface area contributed by atoms with Crippen molar-refractivity contribution in [3.63, 3.8) is 0 Å². The van der Waals surface area contributed by atoms with E-state index in [2.05, 4.69) is 16.0 Å². The number of thiophene rings is 1. The van der Waals surface area contributed by atoms with Gasteiger partial charge < -0.3 is 20.7 Å². The highest BCUT2D eigenvalue weighted by atomic mass is 32.2. The maximum Gasteiger partial charge on any atom is 0.341 e. The summed E-state index contributed by atoms with van der Waals surface area (Å²) in [5.74, 6) is -1.66. The van der Waals surface area contributed by atoms with Crippen LogP contribution in [0.25, 0.3) is 17.2 Å². The normalized spacial score (nSPS) is 11.7. The fourth-order valence-electron chi connectivity index (χ4n) is 5.17. The molecule has 0 fully saturated rings. The third kappa shape index (κ3) is 9.62. The van der Waals surface area contributed by atoms with Crippen LogP contribution in [0.1, 0.15) is 57.7 Å². The number of esters is 1. The number of amides is 3. The highest BCUT2D eigenvalue weighted by Crippen LogP contribution is 2.37.